The van der Waals surface area contributed by atoms with Crippen molar-refractivity contribution in [2.75, 3.05) is 6.61 Å². The van der Waals surface area contributed by atoms with Gasteiger partial charge in [-0.3, -0.25) is 9.78 Å². The quantitative estimate of drug-likeness (QED) is 0.879. The second-order valence-corrected chi connectivity index (χ2v) is 4.18. The summed E-state index contributed by atoms with van der Waals surface area (Å²) in [6.07, 6.45) is 3.61. The van der Waals surface area contributed by atoms with Crippen molar-refractivity contribution in [1.82, 2.24) is 10.3 Å². The molecule has 0 unspecified atom stereocenters. The number of ether oxygens (including phenoxy) is 1. The molecule has 0 bridgehead atoms. The zero-order valence-electron chi connectivity index (χ0n) is 10.9. The number of hydrogen-bond donors (Lipinski definition) is 1. The van der Waals surface area contributed by atoms with Gasteiger partial charge in [0.15, 0.2) is 0 Å². The van der Waals surface area contributed by atoms with Crippen molar-refractivity contribution in [3.63, 3.8) is 0 Å². The Morgan fingerprint density at radius 2 is 1.85 bits per heavy atom. The van der Waals surface area contributed by atoms with Gasteiger partial charge in [-0.2, -0.15) is 0 Å². The van der Waals surface area contributed by atoms with Crippen LogP contribution in [0.25, 0.3) is 0 Å². The summed E-state index contributed by atoms with van der Waals surface area (Å²) >= 11 is 0. The summed E-state index contributed by atoms with van der Waals surface area (Å²) in [6, 6.07) is 9.39. The van der Waals surface area contributed by atoms with Crippen LogP contribution < -0.4 is 10.1 Å². The number of carbonyl (C=O) groups is 1. The van der Waals surface area contributed by atoms with Crippen molar-refractivity contribution in [2.24, 2.45) is 0 Å². The highest BCUT2D eigenvalue weighted by molar-refractivity contribution is 5.75. The second-order valence-electron chi connectivity index (χ2n) is 4.18. The Hall–Kier alpha value is -2.43. The average molecular weight is 274 g/mol. The summed E-state index contributed by atoms with van der Waals surface area (Å²) in [5.41, 5.74) is 0.993. The first-order chi connectivity index (χ1) is 9.74. The highest BCUT2D eigenvalue weighted by atomic mass is 19.1. The van der Waals surface area contributed by atoms with E-state index in [-0.39, 0.29) is 24.8 Å². The molecule has 5 heteroatoms. The summed E-state index contributed by atoms with van der Waals surface area (Å²) in [7, 11) is 0. The molecule has 0 aliphatic heterocycles. The Labute approximate surface area is 116 Å². The molecule has 0 radical (unpaired) electrons. The van der Waals surface area contributed by atoms with E-state index < -0.39 is 0 Å². The first-order valence-electron chi connectivity index (χ1n) is 6.28. The van der Waals surface area contributed by atoms with Gasteiger partial charge >= 0.3 is 0 Å². The highest BCUT2D eigenvalue weighted by Crippen LogP contribution is 2.11. The zero-order valence-corrected chi connectivity index (χ0v) is 10.9. The summed E-state index contributed by atoms with van der Waals surface area (Å²) < 4.78 is 18.0. The molecule has 0 spiro atoms. The lowest BCUT2D eigenvalue weighted by molar-refractivity contribution is -0.121. The molecule has 0 aliphatic rings. The minimum atomic E-state index is -0.313. The lowest BCUT2D eigenvalue weighted by atomic mass is 10.2. The molecule has 20 heavy (non-hydrogen) atoms. The fourth-order valence-electron chi connectivity index (χ4n) is 1.58. The van der Waals surface area contributed by atoms with Gasteiger partial charge in [0.2, 0.25) is 5.91 Å². The van der Waals surface area contributed by atoms with Gasteiger partial charge in [0, 0.05) is 18.9 Å². The van der Waals surface area contributed by atoms with Crippen molar-refractivity contribution >= 4 is 5.91 Å². The average Bonchev–Trinajstić information content (AvgIpc) is 2.48. The van der Waals surface area contributed by atoms with Gasteiger partial charge in [0.05, 0.1) is 13.0 Å². The van der Waals surface area contributed by atoms with E-state index in [0.717, 1.165) is 5.56 Å². The van der Waals surface area contributed by atoms with Gasteiger partial charge in [0.25, 0.3) is 0 Å². The van der Waals surface area contributed by atoms with Crippen LogP contribution in [-0.2, 0) is 11.3 Å². The predicted octanol–water partition coefficient (Wildman–Crippen LogP) is 2.31. The maximum atomic E-state index is 12.7. The molecular formula is C15H15FN2O2. The van der Waals surface area contributed by atoms with E-state index in [2.05, 4.69) is 10.3 Å². The molecule has 2 aromatic rings. The number of aromatic nitrogens is 1. The van der Waals surface area contributed by atoms with E-state index in [4.69, 9.17) is 4.74 Å². The fraction of sp³-hybridized carbons (Fsp3) is 0.200. The summed E-state index contributed by atoms with van der Waals surface area (Å²) in [6.45, 7) is 0.728. The van der Waals surface area contributed by atoms with Gasteiger partial charge in [-0.15, -0.1) is 0 Å². The summed E-state index contributed by atoms with van der Waals surface area (Å²) in [4.78, 5) is 15.5. The monoisotopic (exact) mass is 274 g/mol. The molecule has 0 saturated carbocycles. The van der Waals surface area contributed by atoms with Crippen LogP contribution in [0.4, 0.5) is 4.39 Å². The Balaban J connectivity index is 1.66. The van der Waals surface area contributed by atoms with Crippen LogP contribution in [0.5, 0.6) is 5.75 Å². The molecule has 1 aromatic heterocycles. The van der Waals surface area contributed by atoms with Crippen molar-refractivity contribution in [1.29, 1.82) is 0 Å². The van der Waals surface area contributed by atoms with Crippen LogP contribution >= 0.6 is 0 Å². The molecule has 1 N–H and O–H groups in total. The van der Waals surface area contributed by atoms with E-state index in [9.17, 15) is 9.18 Å². The molecule has 104 valence electrons. The fourth-order valence-corrected chi connectivity index (χ4v) is 1.58. The first-order valence-corrected chi connectivity index (χ1v) is 6.28. The van der Waals surface area contributed by atoms with Crippen LogP contribution in [0.2, 0.25) is 0 Å². The Morgan fingerprint density at radius 3 is 2.55 bits per heavy atom. The summed E-state index contributed by atoms with van der Waals surface area (Å²) in [5, 5.41) is 2.79. The number of nitrogens with one attached hydrogen (secondary N) is 1. The third-order valence-electron chi connectivity index (χ3n) is 2.65. The highest BCUT2D eigenvalue weighted by Gasteiger charge is 2.02. The molecular weight excluding hydrogens is 259 g/mol. The molecule has 4 nitrogen and oxygen atoms in total. The van der Waals surface area contributed by atoms with E-state index in [0.29, 0.717) is 12.3 Å². The number of carbonyl (C=O) groups excluding carboxylic acids is 1. The Bertz CT molecular complexity index is 544. The third-order valence-corrected chi connectivity index (χ3v) is 2.65. The topological polar surface area (TPSA) is 51.2 Å². The number of benzene rings is 1. The van der Waals surface area contributed by atoms with Crippen LogP contribution in [0.15, 0.2) is 48.8 Å². The molecule has 1 heterocycles. The van der Waals surface area contributed by atoms with Crippen molar-refractivity contribution in [2.45, 2.75) is 13.0 Å². The number of nitrogens with zero attached hydrogens (tertiary/aromatic N) is 1. The van der Waals surface area contributed by atoms with Gasteiger partial charge in [0.1, 0.15) is 11.6 Å². The minimum absolute atomic E-state index is 0.0936. The SMILES string of the molecule is O=C(CCOc1ccc(F)cc1)NCc1ccncc1. The molecule has 0 saturated heterocycles. The maximum absolute atomic E-state index is 12.7. The molecule has 0 atom stereocenters. The van der Waals surface area contributed by atoms with E-state index >= 15 is 0 Å². The minimum Gasteiger partial charge on any atom is -0.493 e. The van der Waals surface area contributed by atoms with E-state index in [1.54, 1.807) is 12.4 Å². The Morgan fingerprint density at radius 1 is 1.15 bits per heavy atom. The van der Waals surface area contributed by atoms with Crippen LogP contribution in [0.1, 0.15) is 12.0 Å². The number of hydrogen-bond acceptors (Lipinski definition) is 3. The smallest absolute Gasteiger partial charge is 0.223 e. The maximum Gasteiger partial charge on any atom is 0.223 e. The third kappa shape index (κ3) is 4.68. The van der Waals surface area contributed by atoms with Gasteiger partial charge in [-0.05, 0) is 42.0 Å². The molecule has 1 aromatic carbocycles. The lowest BCUT2D eigenvalue weighted by Gasteiger charge is -2.07. The number of amides is 1. The second kappa shape index (κ2) is 7.23. The molecule has 2 rings (SSSR count). The van der Waals surface area contributed by atoms with E-state index in [1.807, 2.05) is 12.1 Å². The van der Waals surface area contributed by atoms with Crippen molar-refractivity contribution < 1.29 is 13.9 Å². The normalized spacial score (nSPS) is 10.1. The van der Waals surface area contributed by atoms with Gasteiger partial charge < -0.3 is 10.1 Å². The molecule has 0 aliphatic carbocycles. The predicted molar refractivity (Wildman–Crippen MR) is 72.6 cm³/mol. The van der Waals surface area contributed by atoms with Crippen molar-refractivity contribution in [3.8, 4) is 5.75 Å². The Kier molecular flexibility index (Phi) is 5.06. The van der Waals surface area contributed by atoms with Gasteiger partial charge in [-0.25, -0.2) is 4.39 Å². The first kappa shape index (κ1) is 14.0. The molecule has 0 fully saturated rings. The van der Waals surface area contributed by atoms with E-state index in [1.165, 1.54) is 24.3 Å². The largest absolute Gasteiger partial charge is 0.493 e. The lowest BCUT2D eigenvalue weighted by Crippen LogP contribution is -2.24. The van der Waals surface area contributed by atoms with Crippen LogP contribution in [-0.4, -0.2) is 17.5 Å². The standard InChI is InChI=1S/C15H15FN2O2/c16-13-1-3-14(4-2-13)20-10-7-15(19)18-11-12-5-8-17-9-6-12/h1-6,8-9H,7,10-11H2,(H,18,19). The molecule has 1 amide bonds. The van der Waals surface area contributed by atoms with Crippen LogP contribution in [0.3, 0.4) is 0 Å². The van der Waals surface area contributed by atoms with Crippen molar-refractivity contribution in [3.05, 3.63) is 60.2 Å². The van der Waals surface area contributed by atoms with Crippen LogP contribution in [0, 0.1) is 5.82 Å². The summed E-state index contributed by atoms with van der Waals surface area (Å²) in [5.74, 6) is 0.143. The zero-order chi connectivity index (χ0) is 14.2. The van der Waals surface area contributed by atoms with Gasteiger partial charge in [-0.1, -0.05) is 0 Å². The number of rotatable bonds is 6. The number of pyridine rings is 1. The number of halogens is 1.